The number of anilines is 1. The molecule has 0 radical (unpaired) electrons. The summed E-state index contributed by atoms with van der Waals surface area (Å²) in [7, 11) is 0. The fraction of sp³-hybridized carbons (Fsp3) is 0.727. The van der Waals surface area contributed by atoms with Crippen molar-refractivity contribution in [1.29, 1.82) is 0 Å². The van der Waals surface area contributed by atoms with E-state index in [4.69, 9.17) is 9.47 Å². The zero-order valence-corrected chi connectivity index (χ0v) is 17.9. The van der Waals surface area contributed by atoms with Crippen LogP contribution in [0.1, 0.15) is 44.6 Å². The molecule has 0 atom stereocenters. The van der Waals surface area contributed by atoms with Gasteiger partial charge in [0.05, 0.1) is 6.54 Å². The van der Waals surface area contributed by atoms with E-state index < -0.39 is 0 Å². The third kappa shape index (κ3) is 7.82. The van der Waals surface area contributed by atoms with Gasteiger partial charge in [-0.3, -0.25) is 0 Å². The number of hydrogen-bond acceptors (Lipinski definition) is 5. The van der Waals surface area contributed by atoms with Crippen LogP contribution in [0.5, 0.6) is 0 Å². The molecular weight excluding hydrogens is 366 g/mol. The van der Waals surface area contributed by atoms with Crippen LogP contribution < -0.4 is 15.5 Å². The maximum atomic E-state index is 5.83. The largest absolute Gasteiger partial charge is 0.381 e. The third-order valence-electron chi connectivity index (χ3n) is 5.46. The molecule has 7 heteroatoms. The highest BCUT2D eigenvalue weighted by Gasteiger charge is 2.14. The summed E-state index contributed by atoms with van der Waals surface area (Å²) in [6.07, 6.45) is 7.72. The van der Waals surface area contributed by atoms with E-state index in [1.165, 1.54) is 12.8 Å². The Morgan fingerprint density at radius 3 is 2.79 bits per heavy atom. The zero-order valence-electron chi connectivity index (χ0n) is 17.9. The summed E-state index contributed by atoms with van der Waals surface area (Å²) in [5.41, 5.74) is 1.13. The quantitative estimate of drug-likeness (QED) is 0.355. The minimum absolute atomic E-state index is 0.628. The molecule has 2 fully saturated rings. The second kappa shape index (κ2) is 12.6. The van der Waals surface area contributed by atoms with Crippen LogP contribution in [0, 0.1) is 5.92 Å². The van der Waals surface area contributed by atoms with Gasteiger partial charge < -0.3 is 25.0 Å². The molecule has 29 heavy (non-hydrogen) atoms. The van der Waals surface area contributed by atoms with Gasteiger partial charge in [0.2, 0.25) is 0 Å². The summed E-state index contributed by atoms with van der Waals surface area (Å²) in [6.45, 7) is 10.1. The number of ether oxygens (including phenoxy) is 2. The van der Waals surface area contributed by atoms with Crippen molar-refractivity contribution >= 4 is 11.8 Å². The second-order valence-corrected chi connectivity index (χ2v) is 7.82. The summed E-state index contributed by atoms with van der Waals surface area (Å²) < 4.78 is 11.2. The average Bonchev–Trinajstić information content (AvgIpc) is 3.30. The van der Waals surface area contributed by atoms with E-state index in [-0.39, 0.29) is 0 Å². The van der Waals surface area contributed by atoms with E-state index in [9.17, 15) is 0 Å². The Balaban J connectivity index is 1.34. The Morgan fingerprint density at radius 2 is 2.07 bits per heavy atom. The predicted molar refractivity (Wildman–Crippen MR) is 117 cm³/mol. The fourth-order valence-electron chi connectivity index (χ4n) is 3.70. The van der Waals surface area contributed by atoms with Crippen molar-refractivity contribution in [3.8, 4) is 0 Å². The lowest BCUT2D eigenvalue weighted by Crippen LogP contribution is -2.38. The maximum Gasteiger partial charge on any atom is 0.191 e. The van der Waals surface area contributed by atoms with Crippen molar-refractivity contribution in [2.75, 3.05) is 57.5 Å². The molecule has 1 aromatic rings. The van der Waals surface area contributed by atoms with E-state index in [1.54, 1.807) is 0 Å². The molecule has 2 aliphatic heterocycles. The topological polar surface area (TPSA) is 71.0 Å². The van der Waals surface area contributed by atoms with Crippen molar-refractivity contribution in [2.24, 2.45) is 10.9 Å². The molecular formula is C22H37N5O2. The molecule has 0 saturated carbocycles. The standard InChI is InChI=1S/C22H37N5O2/c1-2-23-22(24-10-5-13-29-18-19-8-14-28-15-9-19)26-17-20-6-7-21(25-16-20)27-11-3-4-12-27/h6-7,16,19H,2-5,8-15,17-18H2,1H3,(H2,23,24,26). The van der Waals surface area contributed by atoms with Gasteiger partial charge in [0.15, 0.2) is 5.96 Å². The predicted octanol–water partition coefficient (Wildman–Crippen LogP) is 2.57. The smallest absolute Gasteiger partial charge is 0.191 e. The zero-order chi connectivity index (χ0) is 20.2. The van der Waals surface area contributed by atoms with Crippen LogP contribution in [-0.4, -0.2) is 63.6 Å². The van der Waals surface area contributed by atoms with Crippen LogP contribution in [0.15, 0.2) is 23.3 Å². The number of nitrogens with zero attached hydrogens (tertiary/aromatic N) is 3. The summed E-state index contributed by atoms with van der Waals surface area (Å²) in [5, 5.41) is 6.70. The Morgan fingerprint density at radius 1 is 1.24 bits per heavy atom. The summed E-state index contributed by atoms with van der Waals surface area (Å²) in [4.78, 5) is 11.6. The highest BCUT2D eigenvalue weighted by Crippen LogP contribution is 2.17. The second-order valence-electron chi connectivity index (χ2n) is 7.82. The molecule has 162 valence electrons. The Kier molecular flexibility index (Phi) is 9.53. The number of pyridine rings is 1. The number of aliphatic imine (C=N–C) groups is 1. The Hall–Kier alpha value is -1.86. The maximum absolute atomic E-state index is 5.83. The van der Waals surface area contributed by atoms with E-state index in [1.807, 2.05) is 6.20 Å². The lowest BCUT2D eigenvalue weighted by Gasteiger charge is -2.21. The SMILES string of the molecule is CCNC(=NCc1ccc(N2CCCC2)nc1)NCCCOCC1CCOCC1. The van der Waals surface area contributed by atoms with Crippen LogP contribution in [0.4, 0.5) is 5.82 Å². The molecule has 2 N–H and O–H groups in total. The van der Waals surface area contributed by atoms with Crippen LogP contribution in [-0.2, 0) is 16.0 Å². The lowest BCUT2D eigenvalue weighted by atomic mass is 10.0. The first kappa shape index (κ1) is 21.8. The minimum atomic E-state index is 0.628. The third-order valence-corrected chi connectivity index (χ3v) is 5.46. The first-order chi connectivity index (χ1) is 14.3. The van der Waals surface area contributed by atoms with Crippen molar-refractivity contribution in [3.05, 3.63) is 23.9 Å². The van der Waals surface area contributed by atoms with Gasteiger partial charge in [-0.05, 0) is 56.6 Å². The number of rotatable bonds is 10. The molecule has 0 amide bonds. The van der Waals surface area contributed by atoms with Crippen molar-refractivity contribution in [2.45, 2.75) is 45.6 Å². The van der Waals surface area contributed by atoms with Crippen molar-refractivity contribution in [3.63, 3.8) is 0 Å². The van der Waals surface area contributed by atoms with Gasteiger partial charge in [-0.15, -0.1) is 0 Å². The molecule has 1 aromatic heterocycles. The molecule has 0 spiro atoms. The normalized spacial score (nSPS) is 18.2. The molecule has 3 rings (SSSR count). The van der Waals surface area contributed by atoms with E-state index in [2.05, 4.69) is 44.6 Å². The fourth-order valence-corrected chi connectivity index (χ4v) is 3.70. The number of aromatic nitrogens is 1. The monoisotopic (exact) mass is 403 g/mol. The molecule has 0 aromatic carbocycles. The lowest BCUT2D eigenvalue weighted by molar-refractivity contribution is 0.0203. The first-order valence-corrected chi connectivity index (χ1v) is 11.2. The average molecular weight is 404 g/mol. The van der Waals surface area contributed by atoms with Gasteiger partial charge in [-0.2, -0.15) is 0 Å². The highest BCUT2D eigenvalue weighted by atomic mass is 16.5. The molecule has 7 nitrogen and oxygen atoms in total. The first-order valence-electron chi connectivity index (χ1n) is 11.2. The molecule has 2 saturated heterocycles. The van der Waals surface area contributed by atoms with Gasteiger partial charge in [0, 0.05) is 58.8 Å². The van der Waals surface area contributed by atoms with E-state index in [0.29, 0.717) is 12.5 Å². The Labute approximate surface area is 175 Å². The molecule has 3 heterocycles. The van der Waals surface area contributed by atoms with Crippen LogP contribution in [0.2, 0.25) is 0 Å². The van der Waals surface area contributed by atoms with E-state index in [0.717, 1.165) is 89.2 Å². The highest BCUT2D eigenvalue weighted by molar-refractivity contribution is 5.79. The van der Waals surface area contributed by atoms with Gasteiger partial charge >= 0.3 is 0 Å². The summed E-state index contributed by atoms with van der Waals surface area (Å²) in [6, 6.07) is 4.25. The molecule has 0 aliphatic carbocycles. The van der Waals surface area contributed by atoms with Gasteiger partial charge in [0.25, 0.3) is 0 Å². The molecule has 0 unspecified atom stereocenters. The van der Waals surface area contributed by atoms with Crippen molar-refractivity contribution in [1.82, 2.24) is 15.6 Å². The Bertz CT molecular complexity index is 596. The number of guanidine groups is 1. The number of hydrogen-bond donors (Lipinski definition) is 2. The summed E-state index contributed by atoms with van der Waals surface area (Å²) >= 11 is 0. The molecule has 0 bridgehead atoms. The van der Waals surface area contributed by atoms with Gasteiger partial charge in [-0.1, -0.05) is 6.07 Å². The van der Waals surface area contributed by atoms with Crippen molar-refractivity contribution < 1.29 is 9.47 Å². The van der Waals surface area contributed by atoms with Gasteiger partial charge in [0.1, 0.15) is 5.82 Å². The number of nitrogens with one attached hydrogen (secondary N) is 2. The molecule has 2 aliphatic rings. The van der Waals surface area contributed by atoms with Crippen LogP contribution in [0.3, 0.4) is 0 Å². The summed E-state index contributed by atoms with van der Waals surface area (Å²) in [5.74, 6) is 2.60. The minimum Gasteiger partial charge on any atom is -0.381 e. The van der Waals surface area contributed by atoms with E-state index >= 15 is 0 Å². The van der Waals surface area contributed by atoms with Crippen LogP contribution in [0.25, 0.3) is 0 Å². The van der Waals surface area contributed by atoms with Crippen LogP contribution >= 0.6 is 0 Å². The van der Waals surface area contributed by atoms with Gasteiger partial charge in [-0.25, -0.2) is 9.98 Å².